The second-order valence-corrected chi connectivity index (χ2v) is 6.12. The van der Waals surface area contributed by atoms with E-state index in [2.05, 4.69) is 14.7 Å². The molecular weight excluding hydrogens is 345 g/mol. The number of alkyl halides is 3. The van der Waals surface area contributed by atoms with Gasteiger partial charge in [0.2, 0.25) is 0 Å². The molecule has 26 heavy (non-hydrogen) atoms. The Bertz CT molecular complexity index is 868. The summed E-state index contributed by atoms with van der Waals surface area (Å²) in [4.78, 5) is 19.7. The van der Waals surface area contributed by atoms with Crippen LogP contribution in [0.4, 0.5) is 13.2 Å². The highest BCUT2D eigenvalue weighted by atomic mass is 19.4. The summed E-state index contributed by atoms with van der Waals surface area (Å²) in [5.74, 6) is -0.182. The number of Topliss-reactive ketones (excluding diaryl/α,β-unsaturated/α-hetero) is 1. The lowest BCUT2D eigenvalue weighted by molar-refractivity contribution is -0.153. The summed E-state index contributed by atoms with van der Waals surface area (Å²) in [6, 6.07) is 12.4. The Kier molecular flexibility index (Phi) is 4.97. The number of fused-ring (bicyclic) bond motifs is 1. The van der Waals surface area contributed by atoms with Crippen molar-refractivity contribution >= 4 is 16.7 Å². The maximum atomic E-state index is 12.5. The SMILES string of the molecule is C[C@@H](CC(=O)c1cc2ccccc2[nH]1)c1ccc(OCC(F)(F)F)cn1. The summed E-state index contributed by atoms with van der Waals surface area (Å²) in [7, 11) is 0. The van der Waals surface area contributed by atoms with E-state index in [1.807, 2.05) is 37.3 Å². The van der Waals surface area contributed by atoms with Gasteiger partial charge in [0, 0.05) is 28.9 Å². The predicted octanol–water partition coefficient (Wildman–Crippen LogP) is 4.88. The van der Waals surface area contributed by atoms with E-state index in [9.17, 15) is 18.0 Å². The molecule has 0 unspecified atom stereocenters. The Morgan fingerprint density at radius 1 is 1.23 bits per heavy atom. The normalized spacial score (nSPS) is 12.9. The highest BCUT2D eigenvalue weighted by molar-refractivity contribution is 5.99. The molecule has 1 atom stereocenters. The number of ketones is 1. The molecule has 3 rings (SSSR count). The van der Waals surface area contributed by atoms with Crippen LogP contribution in [0.2, 0.25) is 0 Å². The van der Waals surface area contributed by atoms with Gasteiger partial charge in [0.25, 0.3) is 0 Å². The number of hydrogen-bond acceptors (Lipinski definition) is 3. The van der Waals surface area contributed by atoms with Gasteiger partial charge in [-0.25, -0.2) is 0 Å². The molecule has 136 valence electrons. The molecule has 1 aromatic carbocycles. The van der Waals surface area contributed by atoms with Crippen molar-refractivity contribution in [2.45, 2.75) is 25.4 Å². The van der Waals surface area contributed by atoms with E-state index in [0.717, 1.165) is 10.9 Å². The van der Waals surface area contributed by atoms with Crippen LogP contribution in [0.1, 0.15) is 35.4 Å². The van der Waals surface area contributed by atoms with E-state index in [4.69, 9.17) is 0 Å². The number of halogens is 3. The van der Waals surface area contributed by atoms with Crippen LogP contribution < -0.4 is 4.74 Å². The van der Waals surface area contributed by atoms with Crippen LogP contribution in [0.5, 0.6) is 5.75 Å². The van der Waals surface area contributed by atoms with Gasteiger partial charge in [-0.2, -0.15) is 13.2 Å². The molecule has 1 N–H and O–H groups in total. The number of ether oxygens (including phenoxy) is 1. The van der Waals surface area contributed by atoms with Gasteiger partial charge in [-0.15, -0.1) is 0 Å². The lowest BCUT2D eigenvalue weighted by atomic mass is 9.99. The number of aromatic amines is 1. The number of rotatable bonds is 6. The van der Waals surface area contributed by atoms with Gasteiger partial charge in [-0.3, -0.25) is 9.78 Å². The molecule has 3 aromatic rings. The highest BCUT2D eigenvalue weighted by Gasteiger charge is 2.28. The summed E-state index contributed by atoms with van der Waals surface area (Å²) in [6.45, 7) is 0.488. The Labute approximate surface area is 148 Å². The van der Waals surface area contributed by atoms with Crippen LogP contribution in [0.15, 0.2) is 48.7 Å². The fraction of sp³-hybridized carbons (Fsp3) is 0.263. The Morgan fingerprint density at radius 2 is 2.00 bits per heavy atom. The molecule has 4 nitrogen and oxygen atoms in total. The molecule has 7 heteroatoms. The number of para-hydroxylation sites is 1. The van der Waals surface area contributed by atoms with Crippen LogP contribution in [0.25, 0.3) is 10.9 Å². The van der Waals surface area contributed by atoms with E-state index in [1.54, 1.807) is 6.07 Å². The number of benzene rings is 1. The van der Waals surface area contributed by atoms with Crippen LogP contribution in [-0.4, -0.2) is 28.5 Å². The molecule has 2 aromatic heterocycles. The quantitative estimate of drug-likeness (QED) is 0.636. The molecule has 0 fully saturated rings. The lowest BCUT2D eigenvalue weighted by Crippen LogP contribution is -2.19. The van der Waals surface area contributed by atoms with Crippen LogP contribution >= 0.6 is 0 Å². The standard InChI is InChI=1S/C19H17F3N2O2/c1-12(15-7-6-14(10-23-15)26-11-19(20,21)22)8-18(25)17-9-13-4-2-3-5-16(13)24-17/h2-7,9-10,12,24H,8,11H2,1H3/t12-/m0/s1. The largest absolute Gasteiger partial charge is 0.483 e. The fourth-order valence-electron chi connectivity index (χ4n) is 2.65. The van der Waals surface area contributed by atoms with E-state index < -0.39 is 12.8 Å². The smallest absolute Gasteiger partial charge is 0.422 e. The first-order chi connectivity index (χ1) is 12.3. The van der Waals surface area contributed by atoms with Gasteiger partial charge in [-0.1, -0.05) is 25.1 Å². The first-order valence-corrected chi connectivity index (χ1v) is 8.08. The van der Waals surface area contributed by atoms with Gasteiger partial charge in [0.05, 0.1) is 11.9 Å². The zero-order valence-corrected chi connectivity index (χ0v) is 14.0. The number of carbonyl (C=O) groups excluding carboxylic acids is 1. The second-order valence-electron chi connectivity index (χ2n) is 6.12. The minimum Gasteiger partial charge on any atom is -0.483 e. The average Bonchev–Trinajstić information content (AvgIpc) is 3.04. The average molecular weight is 362 g/mol. The van der Waals surface area contributed by atoms with E-state index in [0.29, 0.717) is 11.4 Å². The first-order valence-electron chi connectivity index (χ1n) is 8.08. The monoisotopic (exact) mass is 362 g/mol. The minimum absolute atomic E-state index is 0.0419. The molecule has 0 aliphatic heterocycles. The topological polar surface area (TPSA) is 55.0 Å². The summed E-state index contributed by atoms with van der Waals surface area (Å²) >= 11 is 0. The van der Waals surface area contributed by atoms with Crippen molar-refractivity contribution in [1.82, 2.24) is 9.97 Å². The van der Waals surface area contributed by atoms with E-state index in [1.165, 1.54) is 12.3 Å². The van der Waals surface area contributed by atoms with Crippen molar-refractivity contribution in [3.8, 4) is 5.75 Å². The molecule has 2 heterocycles. The Balaban J connectivity index is 1.63. The molecule has 0 saturated heterocycles. The van der Waals surface area contributed by atoms with Crippen molar-refractivity contribution in [3.63, 3.8) is 0 Å². The zero-order chi connectivity index (χ0) is 18.7. The predicted molar refractivity (Wildman–Crippen MR) is 91.4 cm³/mol. The van der Waals surface area contributed by atoms with Gasteiger partial charge >= 0.3 is 6.18 Å². The van der Waals surface area contributed by atoms with Gasteiger partial charge < -0.3 is 9.72 Å². The molecule has 0 saturated carbocycles. The number of carbonyl (C=O) groups is 1. The van der Waals surface area contributed by atoms with Gasteiger partial charge in [0.15, 0.2) is 12.4 Å². The summed E-state index contributed by atoms with van der Waals surface area (Å²) in [5, 5.41) is 0.966. The van der Waals surface area contributed by atoms with Crippen LogP contribution in [-0.2, 0) is 0 Å². The van der Waals surface area contributed by atoms with E-state index >= 15 is 0 Å². The van der Waals surface area contributed by atoms with Crippen molar-refractivity contribution in [2.75, 3.05) is 6.61 Å². The molecule has 0 amide bonds. The summed E-state index contributed by atoms with van der Waals surface area (Å²) in [5.41, 5.74) is 2.05. The van der Waals surface area contributed by atoms with Crippen molar-refractivity contribution in [1.29, 1.82) is 0 Å². The second kappa shape index (κ2) is 7.19. The number of aromatic nitrogens is 2. The number of hydrogen-bond donors (Lipinski definition) is 1. The van der Waals surface area contributed by atoms with Crippen molar-refractivity contribution < 1.29 is 22.7 Å². The Morgan fingerprint density at radius 3 is 2.65 bits per heavy atom. The van der Waals surface area contributed by atoms with Crippen LogP contribution in [0.3, 0.4) is 0 Å². The maximum absolute atomic E-state index is 12.5. The maximum Gasteiger partial charge on any atom is 0.422 e. The lowest BCUT2D eigenvalue weighted by Gasteiger charge is -2.12. The third-order valence-corrected chi connectivity index (χ3v) is 3.99. The third kappa shape index (κ3) is 4.41. The number of pyridine rings is 1. The zero-order valence-electron chi connectivity index (χ0n) is 14.0. The van der Waals surface area contributed by atoms with Gasteiger partial charge in [-0.05, 0) is 24.3 Å². The Hall–Kier alpha value is -2.83. The number of nitrogens with one attached hydrogen (secondary N) is 1. The van der Waals surface area contributed by atoms with Crippen molar-refractivity contribution in [2.24, 2.45) is 0 Å². The molecule has 0 aliphatic carbocycles. The molecule has 0 aliphatic rings. The van der Waals surface area contributed by atoms with Crippen molar-refractivity contribution in [3.05, 3.63) is 60.0 Å². The first kappa shape index (κ1) is 18.0. The highest BCUT2D eigenvalue weighted by Crippen LogP contribution is 2.24. The molecule has 0 bridgehead atoms. The fourth-order valence-corrected chi connectivity index (χ4v) is 2.65. The van der Waals surface area contributed by atoms with Gasteiger partial charge in [0.1, 0.15) is 5.75 Å². The summed E-state index contributed by atoms with van der Waals surface area (Å²) < 4.78 is 41.1. The molecule has 0 radical (unpaired) electrons. The number of nitrogens with zero attached hydrogens (tertiary/aromatic N) is 1. The van der Waals surface area contributed by atoms with E-state index in [-0.39, 0.29) is 23.9 Å². The minimum atomic E-state index is -4.39. The third-order valence-electron chi connectivity index (χ3n) is 3.99. The molecular formula is C19H17F3N2O2. The molecule has 0 spiro atoms. The summed E-state index contributed by atoms with van der Waals surface area (Å²) in [6.07, 6.45) is -2.91. The number of H-pyrrole nitrogens is 1. The van der Waals surface area contributed by atoms with Crippen LogP contribution in [0, 0.1) is 0 Å².